The van der Waals surface area contributed by atoms with Crippen molar-refractivity contribution in [3.8, 4) is 0 Å². The smallest absolute Gasteiger partial charge is 0.0291 e. The quantitative estimate of drug-likeness (QED) is 0.318. The van der Waals surface area contributed by atoms with Crippen molar-refractivity contribution in [3.05, 3.63) is 0 Å². The molecule has 0 nitrogen and oxygen atoms in total. The summed E-state index contributed by atoms with van der Waals surface area (Å²) in [7, 11) is 0. The monoisotopic (exact) mass is 266 g/mol. The highest BCUT2D eigenvalue weighted by Crippen LogP contribution is 2.32. The second-order valence-corrected chi connectivity index (χ2v) is 5.53. The van der Waals surface area contributed by atoms with E-state index in [1.807, 2.05) is 0 Å². The molecule has 0 aromatic rings. The molecule has 0 fully saturated rings. The van der Waals surface area contributed by atoms with Crippen LogP contribution in [-0.2, 0) is 0 Å². The van der Waals surface area contributed by atoms with Gasteiger partial charge in [0.2, 0.25) is 0 Å². The van der Waals surface area contributed by atoms with Crippen molar-refractivity contribution in [2.24, 2.45) is 5.41 Å². The first-order valence-corrected chi connectivity index (χ1v) is 7.93. The maximum atomic E-state index is 6.02. The highest BCUT2D eigenvalue weighted by atomic mass is 35.5. The van der Waals surface area contributed by atoms with E-state index in [1.54, 1.807) is 0 Å². The summed E-state index contributed by atoms with van der Waals surface area (Å²) in [6.07, 6.45) is 11.8. The molecule has 16 heavy (non-hydrogen) atoms. The number of hydrogen-bond acceptors (Lipinski definition) is 0. The Morgan fingerprint density at radius 1 is 0.750 bits per heavy atom. The predicted molar refractivity (Wildman–Crippen MR) is 76.8 cm³/mol. The van der Waals surface area contributed by atoms with E-state index in [0.29, 0.717) is 11.8 Å². The highest BCUT2D eigenvalue weighted by molar-refractivity contribution is 6.21. The van der Waals surface area contributed by atoms with Gasteiger partial charge in [0.25, 0.3) is 0 Å². The van der Waals surface area contributed by atoms with E-state index in [1.165, 1.54) is 51.4 Å². The van der Waals surface area contributed by atoms with Crippen LogP contribution in [0.25, 0.3) is 0 Å². The van der Waals surface area contributed by atoms with Crippen molar-refractivity contribution in [2.75, 3.05) is 11.8 Å². The molecule has 0 rings (SSSR count). The second-order valence-electron chi connectivity index (χ2n) is 4.99. The van der Waals surface area contributed by atoms with Crippen LogP contribution in [0.4, 0.5) is 0 Å². The molecule has 0 heterocycles. The zero-order chi connectivity index (χ0) is 12.3. The van der Waals surface area contributed by atoms with Crippen LogP contribution in [0.2, 0.25) is 0 Å². The highest BCUT2D eigenvalue weighted by Gasteiger charge is 2.25. The van der Waals surface area contributed by atoms with Gasteiger partial charge in [-0.1, -0.05) is 58.8 Å². The number of unbranched alkanes of at least 4 members (excludes halogenated alkanes) is 6. The molecular formula is C14H28Cl2. The molecule has 0 saturated heterocycles. The topological polar surface area (TPSA) is 0 Å². The van der Waals surface area contributed by atoms with Crippen LogP contribution in [0.3, 0.4) is 0 Å². The normalized spacial score (nSPS) is 12.0. The van der Waals surface area contributed by atoms with Gasteiger partial charge < -0.3 is 0 Å². The van der Waals surface area contributed by atoms with Crippen molar-refractivity contribution < 1.29 is 0 Å². The van der Waals surface area contributed by atoms with E-state index in [0.717, 1.165) is 6.42 Å². The van der Waals surface area contributed by atoms with Crippen molar-refractivity contribution in [2.45, 2.75) is 71.6 Å². The van der Waals surface area contributed by atoms with Gasteiger partial charge in [-0.05, 0) is 18.3 Å². The van der Waals surface area contributed by atoms with E-state index in [9.17, 15) is 0 Å². The summed E-state index contributed by atoms with van der Waals surface area (Å²) in [5.74, 6) is 1.42. The Hall–Kier alpha value is 0.580. The van der Waals surface area contributed by atoms with Crippen LogP contribution < -0.4 is 0 Å². The van der Waals surface area contributed by atoms with Crippen LogP contribution in [0, 0.1) is 5.41 Å². The Morgan fingerprint density at radius 3 is 1.69 bits per heavy atom. The lowest BCUT2D eigenvalue weighted by atomic mass is 9.84. The molecule has 0 bridgehead atoms. The summed E-state index contributed by atoms with van der Waals surface area (Å²) in [6, 6.07) is 0. The molecule has 0 amide bonds. The Balaban J connectivity index is 3.48. The summed E-state index contributed by atoms with van der Waals surface area (Å²) in [5, 5.41) is 0. The van der Waals surface area contributed by atoms with Gasteiger partial charge in [0.05, 0.1) is 0 Å². The third-order valence-electron chi connectivity index (χ3n) is 3.63. The van der Waals surface area contributed by atoms with Gasteiger partial charge in [-0.2, -0.15) is 0 Å². The maximum absolute atomic E-state index is 6.02. The molecule has 98 valence electrons. The number of rotatable bonds is 11. The zero-order valence-electron chi connectivity index (χ0n) is 11.0. The lowest BCUT2D eigenvalue weighted by Gasteiger charge is -2.27. The molecule has 0 radical (unpaired) electrons. The maximum Gasteiger partial charge on any atom is 0.0291 e. The standard InChI is InChI=1S/C14H28Cl2/c1-3-5-6-7-8-9-10-11-14(4-2,12-15)13-16/h3-13H2,1-2H3. The molecule has 0 aliphatic heterocycles. The zero-order valence-corrected chi connectivity index (χ0v) is 12.5. The van der Waals surface area contributed by atoms with Gasteiger partial charge in [-0.3, -0.25) is 0 Å². The minimum absolute atomic E-state index is 0.201. The largest absolute Gasteiger partial charge is 0.126 e. The van der Waals surface area contributed by atoms with E-state index in [2.05, 4.69) is 13.8 Å². The van der Waals surface area contributed by atoms with Gasteiger partial charge in [-0.15, -0.1) is 23.2 Å². The molecule has 0 saturated carbocycles. The number of alkyl halides is 2. The van der Waals surface area contributed by atoms with Crippen LogP contribution in [0.5, 0.6) is 0 Å². The van der Waals surface area contributed by atoms with Crippen LogP contribution >= 0.6 is 23.2 Å². The number of halogens is 2. The summed E-state index contributed by atoms with van der Waals surface area (Å²) in [4.78, 5) is 0. The summed E-state index contributed by atoms with van der Waals surface area (Å²) >= 11 is 12.0. The molecule has 0 unspecified atom stereocenters. The minimum atomic E-state index is 0.201. The summed E-state index contributed by atoms with van der Waals surface area (Å²) < 4.78 is 0. The van der Waals surface area contributed by atoms with Crippen LogP contribution in [0.15, 0.2) is 0 Å². The van der Waals surface area contributed by atoms with E-state index < -0.39 is 0 Å². The fourth-order valence-electron chi connectivity index (χ4n) is 1.99. The fraction of sp³-hybridized carbons (Fsp3) is 1.00. The molecular weight excluding hydrogens is 239 g/mol. The van der Waals surface area contributed by atoms with Gasteiger partial charge in [0.15, 0.2) is 0 Å². The molecule has 0 aromatic carbocycles. The molecule has 0 aliphatic rings. The molecule has 0 aromatic heterocycles. The third-order valence-corrected chi connectivity index (χ3v) is 4.76. The van der Waals surface area contributed by atoms with Crippen molar-refractivity contribution in [1.29, 1.82) is 0 Å². The molecule has 0 atom stereocenters. The first-order valence-electron chi connectivity index (χ1n) is 6.86. The van der Waals surface area contributed by atoms with Crippen molar-refractivity contribution in [3.63, 3.8) is 0 Å². The average Bonchev–Trinajstić information content (AvgIpc) is 2.34. The summed E-state index contributed by atoms with van der Waals surface area (Å²) in [5.41, 5.74) is 0.201. The molecule has 2 heteroatoms. The molecule has 0 N–H and O–H groups in total. The number of hydrogen-bond donors (Lipinski definition) is 0. The Kier molecular flexibility index (Phi) is 11.1. The van der Waals surface area contributed by atoms with Crippen LogP contribution in [0.1, 0.15) is 71.6 Å². The van der Waals surface area contributed by atoms with Crippen molar-refractivity contribution >= 4 is 23.2 Å². The second kappa shape index (κ2) is 10.7. The van der Waals surface area contributed by atoms with Gasteiger partial charge in [0.1, 0.15) is 0 Å². The van der Waals surface area contributed by atoms with Gasteiger partial charge >= 0.3 is 0 Å². The first kappa shape index (κ1) is 16.6. The SMILES string of the molecule is CCCCCCCCCC(CC)(CCl)CCl. The van der Waals surface area contributed by atoms with Crippen molar-refractivity contribution in [1.82, 2.24) is 0 Å². The van der Waals surface area contributed by atoms with E-state index >= 15 is 0 Å². The Bertz CT molecular complexity index is 133. The van der Waals surface area contributed by atoms with E-state index in [4.69, 9.17) is 23.2 Å². The third kappa shape index (κ3) is 7.01. The van der Waals surface area contributed by atoms with Gasteiger partial charge in [0, 0.05) is 11.8 Å². The average molecular weight is 267 g/mol. The first-order chi connectivity index (χ1) is 7.74. The van der Waals surface area contributed by atoms with Crippen LogP contribution in [-0.4, -0.2) is 11.8 Å². The molecule has 0 spiro atoms. The van der Waals surface area contributed by atoms with Gasteiger partial charge in [-0.25, -0.2) is 0 Å². The predicted octanol–water partition coefficient (Wildman–Crippen LogP) is 6.00. The Morgan fingerprint density at radius 2 is 1.25 bits per heavy atom. The van der Waals surface area contributed by atoms with E-state index in [-0.39, 0.29) is 5.41 Å². The Labute approximate surface area is 112 Å². The molecule has 0 aliphatic carbocycles. The minimum Gasteiger partial charge on any atom is -0.126 e. The lowest BCUT2D eigenvalue weighted by Crippen LogP contribution is -2.24. The lowest BCUT2D eigenvalue weighted by molar-refractivity contribution is 0.318. The summed E-state index contributed by atoms with van der Waals surface area (Å²) in [6.45, 7) is 4.46. The fourth-order valence-corrected chi connectivity index (χ4v) is 2.92.